The molecule has 2 atom stereocenters. The van der Waals surface area contributed by atoms with E-state index in [0.717, 1.165) is 11.3 Å². The van der Waals surface area contributed by atoms with E-state index in [4.69, 9.17) is 9.84 Å². The van der Waals surface area contributed by atoms with Crippen molar-refractivity contribution < 1.29 is 14.6 Å². The highest BCUT2D eigenvalue weighted by molar-refractivity contribution is 5.71. The van der Waals surface area contributed by atoms with Crippen molar-refractivity contribution in [1.82, 2.24) is 5.32 Å². The molecule has 0 saturated carbocycles. The maximum absolute atomic E-state index is 11.0. The van der Waals surface area contributed by atoms with Crippen molar-refractivity contribution in [2.24, 2.45) is 5.92 Å². The van der Waals surface area contributed by atoms with Gasteiger partial charge in [-0.3, -0.25) is 4.79 Å². The molecule has 1 fully saturated rings. The minimum Gasteiger partial charge on any atom is -0.496 e. The molecule has 1 aliphatic rings. The number of rotatable bonds is 4. The van der Waals surface area contributed by atoms with Gasteiger partial charge in [0.05, 0.1) is 13.0 Å². The fourth-order valence-electron chi connectivity index (χ4n) is 2.55. The normalized spacial score (nSPS) is 22.7. The van der Waals surface area contributed by atoms with Crippen LogP contribution >= 0.6 is 0 Å². The molecule has 4 nitrogen and oxygen atoms in total. The molecular weight excluding hydrogens is 242 g/mol. The molecule has 2 N–H and O–H groups in total. The van der Waals surface area contributed by atoms with E-state index >= 15 is 0 Å². The highest BCUT2D eigenvalue weighted by Gasteiger charge is 2.31. The molecule has 0 aliphatic carbocycles. The summed E-state index contributed by atoms with van der Waals surface area (Å²) in [7, 11) is 1.65. The average Bonchev–Trinajstić information content (AvgIpc) is 2.87. The summed E-state index contributed by atoms with van der Waals surface area (Å²) in [6.45, 7) is 4.82. The topological polar surface area (TPSA) is 58.6 Å². The van der Waals surface area contributed by atoms with E-state index < -0.39 is 5.97 Å². The second kappa shape index (κ2) is 5.61. The van der Waals surface area contributed by atoms with Gasteiger partial charge >= 0.3 is 5.97 Å². The minimum atomic E-state index is -0.728. The molecule has 1 aliphatic heterocycles. The lowest BCUT2D eigenvalue weighted by atomic mass is 9.94. The lowest BCUT2D eigenvalue weighted by molar-refractivity contribution is -0.141. The third kappa shape index (κ3) is 2.89. The van der Waals surface area contributed by atoms with Crippen LogP contribution in [0.4, 0.5) is 0 Å². The number of ether oxygens (including phenoxy) is 1. The van der Waals surface area contributed by atoms with Crippen molar-refractivity contribution in [3.63, 3.8) is 0 Å². The monoisotopic (exact) mass is 263 g/mol. The summed E-state index contributed by atoms with van der Waals surface area (Å²) in [6.07, 6.45) is 0.618. The summed E-state index contributed by atoms with van der Waals surface area (Å²) in [4.78, 5) is 11.0. The molecule has 0 radical (unpaired) electrons. The number of carboxylic acids is 1. The van der Waals surface area contributed by atoms with Crippen LogP contribution in [0.3, 0.4) is 0 Å². The Labute approximate surface area is 113 Å². The molecule has 2 rings (SSSR count). The van der Waals surface area contributed by atoms with Gasteiger partial charge in [0, 0.05) is 18.2 Å². The van der Waals surface area contributed by atoms with E-state index in [2.05, 4.69) is 31.3 Å². The largest absolute Gasteiger partial charge is 0.496 e. The fraction of sp³-hybridized carbons (Fsp3) is 0.533. The van der Waals surface area contributed by atoms with Crippen LogP contribution in [0, 0.1) is 5.92 Å². The molecule has 0 spiro atoms. The van der Waals surface area contributed by atoms with Gasteiger partial charge in [0.1, 0.15) is 5.75 Å². The molecule has 19 heavy (non-hydrogen) atoms. The Morgan fingerprint density at radius 3 is 2.74 bits per heavy atom. The van der Waals surface area contributed by atoms with Gasteiger partial charge in [0.15, 0.2) is 0 Å². The second-order valence-corrected chi connectivity index (χ2v) is 5.39. The van der Waals surface area contributed by atoms with Crippen molar-refractivity contribution in [3.05, 3.63) is 29.3 Å². The van der Waals surface area contributed by atoms with Crippen molar-refractivity contribution >= 4 is 5.97 Å². The van der Waals surface area contributed by atoms with E-state index in [1.165, 1.54) is 5.56 Å². The van der Waals surface area contributed by atoms with Crippen molar-refractivity contribution in [2.45, 2.75) is 32.2 Å². The minimum absolute atomic E-state index is 0.0646. The zero-order valence-corrected chi connectivity index (χ0v) is 11.6. The van der Waals surface area contributed by atoms with Crippen molar-refractivity contribution in [1.29, 1.82) is 0 Å². The number of aliphatic carboxylic acids is 1. The van der Waals surface area contributed by atoms with Crippen molar-refractivity contribution in [3.8, 4) is 5.75 Å². The smallest absolute Gasteiger partial charge is 0.307 e. The first-order valence-electron chi connectivity index (χ1n) is 6.67. The molecule has 1 heterocycles. The highest BCUT2D eigenvalue weighted by Crippen LogP contribution is 2.35. The molecule has 1 aromatic rings. The van der Waals surface area contributed by atoms with Crippen LogP contribution in [-0.2, 0) is 4.79 Å². The van der Waals surface area contributed by atoms with Gasteiger partial charge < -0.3 is 15.2 Å². The average molecular weight is 263 g/mol. The highest BCUT2D eigenvalue weighted by atomic mass is 16.5. The number of carbonyl (C=O) groups is 1. The van der Waals surface area contributed by atoms with Gasteiger partial charge in [-0.25, -0.2) is 0 Å². The van der Waals surface area contributed by atoms with Crippen molar-refractivity contribution in [2.75, 3.05) is 13.7 Å². The van der Waals surface area contributed by atoms with Gasteiger partial charge in [0.2, 0.25) is 0 Å². The molecule has 0 amide bonds. The molecule has 2 unspecified atom stereocenters. The molecule has 0 aromatic heterocycles. The summed E-state index contributed by atoms with van der Waals surface area (Å²) in [5.41, 5.74) is 2.31. The third-order valence-electron chi connectivity index (χ3n) is 3.78. The second-order valence-electron chi connectivity index (χ2n) is 5.39. The molecule has 1 saturated heterocycles. The van der Waals surface area contributed by atoms with Crippen LogP contribution in [-0.4, -0.2) is 24.7 Å². The van der Waals surface area contributed by atoms with Crippen LogP contribution in [0.2, 0.25) is 0 Å². The summed E-state index contributed by atoms with van der Waals surface area (Å²) >= 11 is 0. The van der Waals surface area contributed by atoms with Gasteiger partial charge in [-0.15, -0.1) is 0 Å². The van der Waals surface area contributed by atoms with Gasteiger partial charge in [-0.05, 0) is 24.0 Å². The number of nitrogens with one attached hydrogen (secondary N) is 1. The Morgan fingerprint density at radius 2 is 2.21 bits per heavy atom. The Morgan fingerprint density at radius 1 is 1.47 bits per heavy atom. The first-order valence-corrected chi connectivity index (χ1v) is 6.67. The molecular formula is C15H21NO3. The Bertz CT molecular complexity index is 470. The maximum Gasteiger partial charge on any atom is 0.307 e. The van der Waals surface area contributed by atoms with E-state index in [-0.39, 0.29) is 12.0 Å². The van der Waals surface area contributed by atoms with Gasteiger partial charge in [-0.1, -0.05) is 26.0 Å². The number of benzene rings is 1. The Balaban J connectivity index is 2.28. The quantitative estimate of drug-likeness (QED) is 0.876. The summed E-state index contributed by atoms with van der Waals surface area (Å²) < 4.78 is 5.40. The standard InChI is InChI=1S/C15H21NO3/c1-9(2)10-4-5-14(19-3)12(6-10)13-7-11(8-16-13)15(17)18/h4-6,9,11,13,16H,7-8H2,1-3H3,(H,17,18). The lowest BCUT2D eigenvalue weighted by Crippen LogP contribution is -2.17. The molecule has 1 aromatic carbocycles. The number of carboxylic acid groups (broad SMARTS) is 1. The molecule has 104 valence electrons. The van der Waals surface area contributed by atoms with Crippen LogP contribution < -0.4 is 10.1 Å². The van der Waals surface area contributed by atoms with Crippen LogP contribution in [0.15, 0.2) is 18.2 Å². The number of methoxy groups -OCH3 is 1. The Kier molecular flexibility index (Phi) is 4.10. The van der Waals surface area contributed by atoms with E-state index in [1.54, 1.807) is 7.11 Å². The predicted octanol–water partition coefficient (Wildman–Crippen LogP) is 2.55. The third-order valence-corrected chi connectivity index (χ3v) is 3.78. The van der Waals surface area contributed by atoms with Gasteiger partial charge in [0.25, 0.3) is 0 Å². The number of hydrogen-bond acceptors (Lipinski definition) is 3. The maximum atomic E-state index is 11.0. The SMILES string of the molecule is COc1ccc(C(C)C)cc1C1CC(C(=O)O)CN1. The van der Waals surface area contributed by atoms with E-state index in [0.29, 0.717) is 18.9 Å². The molecule has 4 heteroatoms. The zero-order chi connectivity index (χ0) is 14.0. The summed E-state index contributed by atoms with van der Waals surface area (Å²) in [5.74, 6) is 0.237. The van der Waals surface area contributed by atoms with Crippen LogP contribution in [0.25, 0.3) is 0 Å². The summed E-state index contributed by atoms with van der Waals surface area (Å²) in [5, 5.41) is 12.4. The lowest BCUT2D eigenvalue weighted by Gasteiger charge is -2.17. The predicted molar refractivity (Wildman–Crippen MR) is 73.6 cm³/mol. The molecule has 0 bridgehead atoms. The first-order chi connectivity index (χ1) is 9.02. The number of hydrogen-bond donors (Lipinski definition) is 2. The Hall–Kier alpha value is -1.55. The zero-order valence-electron chi connectivity index (χ0n) is 11.6. The van der Waals surface area contributed by atoms with E-state index in [1.807, 2.05) is 6.07 Å². The van der Waals surface area contributed by atoms with Gasteiger partial charge in [-0.2, -0.15) is 0 Å². The van der Waals surface area contributed by atoms with Crippen LogP contribution in [0.5, 0.6) is 5.75 Å². The van der Waals surface area contributed by atoms with E-state index in [9.17, 15) is 4.79 Å². The van der Waals surface area contributed by atoms with Crippen LogP contribution in [0.1, 0.15) is 43.4 Å². The first kappa shape index (κ1) is 13.9. The summed E-state index contributed by atoms with van der Waals surface area (Å²) in [6, 6.07) is 6.23. The fourth-order valence-corrected chi connectivity index (χ4v) is 2.55.